The molecule has 3 rings (SSSR count). The van der Waals surface area contributed by atoms with Gasteiger partial charge >= 0.3 is 0 Å². The molecule has 2 heterocycles. The molecule has 0 aliphatic carbocycles. The number of pyridine rings is 1. The molecule has 1 aromatic carbocycles. The molecule has 2 N–H and O–H groups in total. The van der Waals surface area contributed by atoms with Crippen LogP contribution in [0.4, 0.5) is 11.4 Å². The van der Waals surface area contributed by atoms with Gasteiger partial charge in [-0.2, -0.15) is 5.10 Å². The topological polar surface area (TPSA) is 102 Å². The SMILES string of the molecule is CSc1ncccc1C(=O)Nc1ccc(NC(=O)C(C)n2cncn2)cc1. The maximum absolute atomic E-state index is 12.4. The molecule has 0 spiro atoms. The van der Waals surface area contributed by atoms with E-state index in [-0.39, 0.29) is 11.8 Å². The Bertz CT molecular complexity index is 927. The normalized spacial score (nSPS) is 11.6. The fraction of sp³-hybridized carbons (Fsp3) is 0.167. The molecule has 3 aromatic rings. The largest absolute Gasteiger partial charge is 0.324 e. The first-order chi connectivity index (χ1) is 13.1. The number of nitrogens with one attached hydrogen (secondary N) is 2. The van der Waals surface area contributed by atoms with E-state index in [1.165, 1.54) is 29.1 Å². The summed E-state index contributed by atoms with van der Waals surface area (Å²) in [5.74, 6) is -0.443. The van der Waals surface area contributed by atoms with Gasteiger partial charge in [0.25, 0.3) is 5.91 Å². The lowest BCUT2D eigenvalue weighted by molar-refractivity contribution is -0.119. The van der Waals surface area contributed by atoms with E-state index in [0.29, 0.717) is 22.0 Å². The molecular formula is C18H18N6O2S. The van der Waals surface area contributed by atoms with Crippen molar-refractivity contribution in [3.05, 3.63) is 60.8 Å². The second-order valence-electron chi connectivity index (χ2n) is 5.63. The summed E-state index contributed by atoms with van der Waals surface area (Å²) in [5, 5.41) is 10.3. The summed E-state index contributed by atoms with van der Waals surface area (Å²) in [4.78, 5) is 32.7. The molecule has 0 aliphatic rings. The Hall–Kier alpha value is -3.20. The summed E-state index contributed by atoms with van der Waals surface area (Å²) in [6.07, 6.45) is 6.40. The van der Waals surface area contributed by atoms with Gasteiger partial charge in [0.05, 0.1) is 5.56 Å². The number of anilines is 2. The standard InChI is InChI=1S/C18H18N6O2S/c1-12(24-11-19-10-21-24)16(25)22-13-5-7-14(8-6-13)23-17(26)15-4-3-9-20-18(15)27-2/h3-12H,1-2H3,(H,22,25)(H,23,26). The molecule has 0 aliphatic heterocycles. The van der Waals surface area contributed by atoms with Crippen LogP contribution >= 0.6 is 11.8 Å². The molecule has 0 saturated carbocycles. The Morgan fingerprint density at radius 3 is 2.44 bits per heavy atom. The van der Waals surface area contributed by atoms with Gasteiger partial charge in [-0.15, -0.1) is 11.8 Å². The van der Waals surface area contributed by atoms with Crippen LogP contribution in [0.2, 0.25) is 0 Å². The number of thioether (sulfide) groups is 1. The van der Waals surface area contributed by atoms with Gasteiger partial charge in [-0.25, -0.2) is 14.6 Å². The Kier molecular flexibility index (Phi) is 5.82. The molecule has 0 saturated heterocycles. The molecule has 27 heavy (non-hydrogen) atoms. The molecule has 2 amide bonds. The van der Waals surface area contributed by atoms with Crippen LogP contribution in [0.3, 0.4) is 0 Å². The molecule has 1 unspecified atom stereocenters. The minimum absolute atomic E-state index is 0.211. The zero-order valence-corrected chi connectivity index (χ0v) is 15.6. The van der Waals surface area contributed by atoms with Crippen molar-refractivity contribution in [2.24, 2.45) is 0 Å². The third kappa shape index (κ3) is 4.50. The Labute approximate surface area is 160 Å². The lowest BCUT2D eigenvalue weighted by atomic mass is 10.2. The van der Waals surface area contributed by atoms with Crippen LogP contribution in [-0.2, 0) is 4.79 Å². The van der Waals surface area contributed by atoms with E-state index in [1.54, 1.807) is 49.5 Å². The summed E-state index contributed by atoms with van der Waals surface area (Å²) < 4.78 is 1.47. The molecule has 0 radical (unpaired) electrons. The van der Waals surface area contributed by atoms with Crippen LogP contribution in [0, 0.1) is 0 Å². The van der Waals surface area contributed by atoms with E-state index in [2.05, 4.69) is 25.7 Å². The van der Waals surface area contributed by atoms with Crippen molar-refractivity contribution in [2.45, 2.75) is 18.0 Å². The Morgan fingerprint density at radius 2 is 1.81 bits per heavy atom. The molecular weight excluding hydrogens is 364 g/mol. The summed E-state index contributed by atoms with van der Waals surface area (Å²) >= 11 is 1.41. The van der Waals surface area contributed by atoms with Gasteiger partial charge in [0.15, 0.2) is 0 Å². The quantitative estimate of drug-likeness (QED) is 0.636. The predicted octanol–water partition coefficient (Wildman–Crippen LogP) is 2.85. The number of hydrogen-bond donors (Lipinski definition) is 2. The van der Waals surface area contributed by atoms with Gasteiger partial charge in [0, 0.05) is 17.6 Å². The van der Waals surface area contributed by atoms with Crippen LogP contribution in [0.15, 0.2) is 60.3 Å². The number of nitrogens with zero attached hydrogens (tertiary/aromatic N) is 4. The molecule has 9 heteroatoms. The molecule has 1 atom stereocenters. The van der Waals surface area contributed by atoms with Gasteiger partial charge in [-0.3, -0.25) is 9.59 Å². The van der Waals surface area contributed by atoms with Crippen molar-refractivity contribution >= 4 is 35.0 Å². The average Bonchev–Trinajstić information content (AvgIpc) is 3.23. The van der Waals surface area contributed by atoms with Gasteiger partial charge < -0.3 is 10.6 Å². The summed E-state index contributed by atoms with van der Waals surface area (Å²) in [6, 6.07) is 9.87. The second-order valence-corrected chi connectivity index (χ2v) is 6.43. The third-order valence-corrected chi connectivity index (χ3v) is 4.54. The highest BCUT2D eigenvalue weighted by atomic mass is 32.2. The van der Waals surface area contributed by atoms with Crippen LogP contribution in [-0.4, -0.2) is 37.8 Å². The third-order valence-electron chi connectivity index (χ3n) is 3.83. The van der Waals surface area contributed by atoms with Gasteiger partial charge in [0.1, 0.15) is 23.7 Å². The number of benzene rings is 1. The number of carbonyl (C=O) groups is 2. The monoisotopic (exact) mass is 382 g/mol. The number of hydrogen-bond acceptors (Lipinski definition) is 6. The lowest BCUT2D eigenvalue weighted by Crippen LogP contribution is -2.24. The van der Waals surface area contributed by atoms with Crippen LogP contribution in [0.5, 0.6) is 0 Å². The Balaban J connectivity index is 1.63. The number of carbonyl (C=O) groups excluding carboxylic acids is 2. The summed E-state index contributed by atoms with van der Waals surface area (Å²) in [5.41, 5.74) is 1.76. The highest BCUT2D eigenvalue weighted by molar-refractivity contribution is 7.98. The molecule has 0 bridgehead atoms. The predicted molar refractivity (Wildman–Crippen MR) is 104 cm³/mol. The van der Waals surface area contributed by atoms with E-state index in [4.69, 9.17) is 0 Å². The van der Waals surface area contributed by atoms with Crippen molar-refractivity contribution in [3.63, 3.8) is 0 Å². The maximum atomic E-state index is 12.4. The average molecular weight is 382 g/mol. The lowest BCUT2D eigenvalue weighted by Gasteiger charge is -2.13. The van der Waals surface area contributed by atoms with Gasteiger partial charge in [-0.1, -0.05) is 0 Å². The van der Waals surface area contributed by atoms with Crippen molar-refractivity contribution < 1.29 is 9.59 Å². The smallest absolute Gasteiger partial charge is 0.258 e. The van der Waals surface area contributed by atoms with Crippen molar-refractivity contribution in [1.82, 2.24) is 19.7 Å². The molecule has 2 aromatic heterocycles. The molecule has 0 fully saturated rings. The highest BCUT2D eigenvalue weighted by Gasteiger charge is 2.16. The fourth-order valence-electron chi connectivity index (χ4n) is 2.35. The second kappa shape index (κ2) is 8.45. The number of rotatable bonds is 6. The van der Waals surface area contributed by atoms with E-state index < -0.39 is 6.04 Å². The molecule has 8 nitrogen and oxygen atoms in total. The van der Waals surface area contributed by atoms with E-state index in [0.717, 1.165) is 0 Å². The van der Waals surface area contributed by atoms with E-state index in [9.17, 15) is 9.59 Å². The zero-order valence-electron chi connectivity index (χ0n) is 14.8. The van der Waals surface area contributed by atoms with Gasteiger partial charge in [-0.05, 0) is 49.6 Å². The van der Waals surface area contributed by atoms with E-state index >= 15 is 0 Å². The van der Waals surface area contributed by atoms with Crippen molar-refractivity contribution in [2.75, 3.05) is 16.9 Å². The van der Waals surface area contributed by atoms with Crippen LogP contribution in [0.25, 0.3) is 0 Å². The van der Waals surface area contributed by atoms with Crippen molar-refractivity contribution in [1.29, 1.82) is 0 Å². The van der Waals surface area contributed by atoms with Crippen LogP contribution < -0.4 is 10.6 Å². The first kappa shape index (κ1) is 18.6. The minimum Gasteiger partial charge on any atom is -0.324 e. The Morgan fingerprint density at radius 1 is 1.11 bits per heavy atom. The first-order valence-electron chi connectivity index (χ1n) is 8.14. The van der Waals surface area contributed by atoms with Gasteiger partial charge in [0.2, 0.25) is 5.91 Å². The first-order valence-corrected chi connectivity index (χ1v) is 9.36. The molecule has 138 valence electrons. The summed E-state index contributed by atoms with van der Waals surface area (Å²) in [6.45, 7) is 1.73. The zero-order chi connectivity index (χ0) is 19.2. The van der Waals surface area contributed by atoms with Crippen LogP contribution in [0.1, 0.15) is 23.3 Å². The summed E-state index contributed by atoms with van der Waals surface area (Å²) in [7, 11) is 0. The van der Waals surface area contributed by atoms with E-state index in [1.807, 2.05) is 6.26 Å². The number of aromatic nitrogens is 4. The number of amides is 2. The minimum atomic E-state index is -0.484. The van der Waals surface area contributed by atoms with Crippen molar-refractivity contribution in [3.8, 4) is 0 Å². The maximum Gasteiger partial charge on any atom is 0.258 e. The highest BCUT2D eigenvalue weighted by Crippen LogP contribution is 2.20. The fourth-order valence-corrected chi connectivity index (χ4v) is 2.89.